The van der Waals surface area contributed by atoms with E-state index >= 15 is 0 Å². The Morgan fingerprint density at radius 1 is 1.12 bits per heavy atom. The van der Waals surface area contributed by atoms with Crippen molar-refractivity contribution in [3.63, 3.8) is 0 Å². The average molecular weight is 227 g/mol. The molecule has 0 amide bonds. The summed E-state index contributed by atoms with van der Waals surface area (Å²) in [6.45, 7) is 7.71. The van der Waals surface area contributed by atoms with Gasteiger partial charge in [0, 0.05) is 19.2 Å². The third-order valence-corrected chi connectivity index (χ3v) is 3.98. The summed E-state index contributed by atoms with van der Waals surface area (Å²) in [5.41, 5.74) is 0. The van der Waals surface area contributed by atoms with Crippen LogP contribution in [0.15, 0.2) is 0 Å². The van der Waals surface area contributed by atoms with Crippen molar-refractivity contribution in [2.24, 2.45) is 11.8 Å². The monoisotopic (exact) mass is 227 g/mol. The van der Waals surface area contributed by atoms with Gasteiger partial charge < -0.3 is 10.1 Å². The Labute approximate surface area is 101 Å². The van der Waals surface area contributed by atoms with E-state index < -0.39 is 0 Å². The molecular formula is C14H29NO. The normalized spacial score (nSPS) is 22.3. The van der Waals surface area contributed by atoms with E-state index in [0.29, 0.717) is 18.0 Å². The van der Waals surface area contributed by atoms with Crippen molar-refractivity contribution in [1.82, 2.24) is 5.32 Å². The molecular weight excluding hydrogens is 198 g/mol. The van der Waals surface area contributed by atoms with Crippen LogP contribution in [0.1, 0.15) is 52.9 Å². The minimum Gasteiger partial charge on any atom is -0.383 e. The van der Waals surface area contributed by atoms with Crippen LogP contribution >= 0.6 is 0 Å². The predicted octanol–water partition coefficient (Wildman–Crippen LogP) is 3.22. The van der Waals surface area contributed by atoms with Gasteiger partial charge in [-0.1, -0.05) is 33.1 Å². The minimum atomic E-state index is 0.502. The van der Waals surface area contributed by atoms with E-state index in [1.165, 1.54) is 32.1 Å². The standard InChI is InChI=1S/C14H29NO/c1-11(2)14(10-16-4)15-12(3)13-8-6-5-7-9-13/h11-15H,5-10H2,1-4H3. The van der Waals surface area contributed by atoms with Crippen molar-refractivity contribution in [3.05, 3.63) is 0 Å². The molecule has 0 aromatic heterocycles. The van der Waals surface area contributed by atoms with Crippen molar-refractivity contribution in [1.29, 1.82) is 0 Å². The first-order valence-corrected chi connectivity index (χ1v) is 6.90. The fraction of sp³-hybridized carbons (Fsp3) is 1.00. The number of hydrogen-bond donors (Lipinski definition) is 1. The fourth-order valence-electron chi connectivity index (χ4n) is 2.72. The van der Waals surface area contributed by atoms with Crippen LogP contribution in [0.25, 0.3) is 0 Å². The molecule has 2 unspecified atom stereocenters. The van der Waals surface area contributed by atoms with Crippen LogP contribution in [0.5, 0.6) is 0 Å². The van der Waals surface area contributed by atoms with Crippen LogP contribution < -0.4 is 5.32 Å². The lowest BCUT2D eigenvalue weighted by atomic mass is 9.84. The Morgan fingerprint density at radius 3 is 2.25 bits per heavy atom. The molecule has 0 aromatic carbocycles. The minimum absolute atomic E-state index is 0.502. The number of rotatable bonds is 6. The maximum atomic E-state index is 5.29. The van der Waals surface area contributed by atoms with Gasteiger partial charge in [0.2, 0.25) is 0 Å². The van der Waals surface area contributed by atoms with E-state index in [2.05, 4.69) is 26.1 Å². The average Bonchev–Trinajstić information content (AvgIpc) is 2.29. The molecule has 0 aromatic rings. The zero-order valence-corrected chi connectivity index (χ0v) is 11.5. The topological polar surface area (TPSA) is 21.3 Å². The Kier molecular flexibility index (Phi) is 6.37. The summed E-state index contributed by atoms with van der Waals surface area (Å²) in [6, 6.07) is 1.14. The molecule has 1 fully saturated rings. The lowest BCUT2D eigenvalue weighted by Crippen LogP contribution is -2.46. The van der Waals surface area contributed by atoms with Gasteiger partial charge in [-0.3, -0.25) is 0 Å². The molecule has 16 heavy (non-hydrogen) atoms. The fourth-order valence-corrected chi connectivity index (χ4v) is 2.72. The lowest BCUT2D eigenvalue weighted by Gasteiger charge is -2.33. The second-order valence-electron chi connectivity index (χ2n) is 5.66. The summed E-state index contributed by atoms with van der Waals surface area (Å²) in [4.78, 5) is 0. The molecule has 0 bridgehead atoms. The summed E-state index contributed by atoms with van der Waals surface area (Å²) in [5.74, 6) is 1.53. The quantitative estimate of drug-likeness (QED) is 0.752. The maximum Gasteiger partial charge on any atom is 0.0618 e. The van der Waals surface area contributed by atoms with Crippen molar-refractivity contribution >= 4 is 0 Å². The first-order valence-electron chi connectivity index (χ1n) is 6.90. The van der Waals surface area contributed by atoms with E-state index in [4.69, 9.17) is 4.74 Å². The van der Waals surface area contributed by atoms with Gasteiger partial charge in [0.05, 0.1) is 6.61 Å². The zero-order chi connectivity index (χ0) is 12.0. The summed E-state index contributed by atoms with van der Waals surface area (Å²) >= 11 is 0. The molecule has 0 radical (unpaired) electrons. The van der Waals surface area contributed by atoms with Gasteiger partial charge in [0.15, 0.2) is 0 Å². The van der Waals surface area contributed by atoms with Gasteiger partial charge in [-0.2, -0.15) is 0 Å². The van der Waals surface area contributed by atoms with E-state index in [1.807, 2.05) is 0 Å². The van der Waals surface area contributed by atoms with Crippen LogP contribution in [-0.4, -0.2) is 25.8 Å². The molecule has 1 aliphatic carbocycles. The molecule has 2 heteroatoms. The Balaban J connectivity index is 2.36. The first-order chi connectivity index (χ1) is 7.65. The lowest BCUT2D eigenvalue weighted by molar-refractivity contribution is 0.130. The van der Waals surface area contributed by atoms with Crippen molar-refractivity contribution in [2.75, 3.05) is 13.7 Å². The predicted molar refractivity (Wildman–Crippen MR) is 69.7 cm³/mol. The van der Waals surface area contributed by atoms with E-state index in [9.17, 15) is 0 Å². The van der Waals surface area contributed by atoms with Gasteiger partial charge in [-0.25, -0.2) is 0 Å². The Morgan fingerprint density at radius 2 is 1.75 bits per heavy atom. The molecule has 1 aliphatic rings. The second kappa shape index (κ2) is 7.29. The van der Waals surface area contributed by atoms with Crippen molar-refractivity contribution in [3.8, 4) is 0 Å². The number of methoxy groups -OCH3 is 1. The molecule has 2 nitrogen and oxygen atoms in total. The van der Waals surface area contributed by atoms with Gasteiger partial charge in [-0.05, 0) is 31.6 Å². The summed E-state index contributed by atoms with van der Waals surface area (Å²) < 4.78 is 5.29. The molecule has 0 aliphatic heterocycles. The summed E-state index contributed by atoms with van der Waals surface area (Å²) in [5, 5.41) is 3.76. The molecule has 0 spiro atoms. The Hall–Kier alpha value is -0.0800. The van der Waals surface area contributed by atoms with Crippen molar-refractivity contribution < 1.29 is 4.74 Å². The number of hydrogen-bond acceptors (Lipinski definition) is 2. The van der Waals surface area contributed by atoms with Crippen LogP contribution in [-0.2, 0) is 4.74 Å². The molecule has 1 saturated carbocycles. The second-order valence-corrected chi connectivity index (χ2v) is 5.66. The highest BCUT2D eigenvalue weighted by Crippen LogP contribution is 2.26. The van der Waals surface area contributed by atoms with Crippen molar-refractivity contribution in [2.45, 2.75) is 65.0 Å². The molecule has 96 valence electrons. The largest absolute Gasteiger partial charge is 0.383 e. The smallest absolute Gasteiger partial charge is 0.0618 e. The number of nitrogens with one attached hydrogen (secondary N) is 1. The van der Waals surface area contributed by atoms with Crippen LogP contribution in [0.2, 0.25) is 0 Å². The van der Waals surface area contributed by atoms with E-state index in [0.717, 1.165) is 12.5 Å². The molecule has 1 N–H and O–H groups in total. The summed E-state index contributed by atoms with van der Waals surface area (Å²) in [6.07, 6.45) is 7.10. The SMILES string of the molecule is COCC(NC(C)C1CCCCC1)C(C)C. The first kappa shape index (κ1) is 14.0. The van der Waals surface area contributed by atoms with E-state index in [-0.39, 0.29) is 0 Å². The Bertz CT molecular complexity index is 176. The third kappa shape index (κ3) is 4.42. The van der Waals surface area contributed by atoms with Gasteiger partial charge >= 0.3 is 0 Å². The van der Waals surface area contributed by atoms with Crippen LogP contribution in [0, 0.1) is 11.8 Å². The van der Waals surface area contributed by atoms with Gasteiger partial charge in [-0.15, -0.1) is 0 Å². The molecule has 1 rings (SSSR count). The van der Waals surface area contributed by atoms with Gasteiger partial charge in [0.25, 0.3) is 0 Å². The number of ether oxygens (including phenoxy) is 1. The highest BCUT2D eigenvalue weighted by Gasteiger charge is 2.23. The van der Waals surface area contributed by atoms with Crippen LogP contribution in [0.3, 0.4) is 0 Å². The van der Waals surface area contributed by atoms with E-state index in [1.54, 1.807) is 7.11 Å². The highest BCUT2D eigenvalue weighted by atomic mass is 16.5. The molecule has 0 saturated heterocycles. The van der Waals surface area contributed by atoms with Gasteiger partial charge in [0.1, 0.15) is 0 Å². The summed E-state index contributed by atoms with van der Waals surface area (Å²) in [7, 11) is 1.79. The third-order valence-electron chi connectivity index (χ3n) is 3.98. The maximum absolute atomic E-state index is 5.29. The zero-order valence-electron chi connectivity index (χ0n) is 11.5. The molecule has 0 heterocycles. The van der Waals surface area contributed by atoms with Crippen LogP contribution in [0.4, 0.5) is 0 Å². The molecule has 2 atom stereocenters. The highest BCUT2D eigenvalue weighted by molar-refractivity contribution is 4.80.